The lowest BCUT2D eigenvalue weighted by Gasteiger charge is -2.14. The van der Waals surface area contributed by atoms with Crippen molar-refractivity contribution in [1.82, 2.24) is 9.97 Å². The second-order valence-corrected chi connectivity index (χ2v) is 6.18. The SMILES string of the molecule is CCOc1cc2ncc(C#N)c(CC(=O)c3cccnc3C)c2cc1OCC. The number of carbonyl (C=O) groups is 1. The van der Waals surface area contributed by atoms with Gasteiger partial charge in [0.15, 0.2) is 17.3 Å². The molecule has 1 aromatic carbocycles. The van der Waals surface area contributed by atoms with Crippen molar-refractivity contribution in [1.29, 1.82) is 5.26 Å². The summed E-state index contributed by atoms with van der Waals surface area (Å²) in [7, 11) is 0. The first kappa shape index (κ1) is 19.3. The summed E-state index contributed by atoms with van der Waals surface area (Å²) < 4.78 is 11.4. The lowest BCUT2D eigenvalue weighted by molar-refractivity contribution is 0.0992. The number of hydrogen-bond acceptors (Lipinski definition) is 6. The predicted octanol–water partition coefficient (Wildman–Crippen LogP) is 4.03. The first-order chi connectivity index (χ1) is 13.6. The molecule has 6 nitrogen and oxygen atoms in total. The molecular formula is C22H21N3O3. The smallest absolute Gasteiger partial charge is 0.169 e. The molecule has 142 valence electrons. The molecule has 0 aliphatic carbocycles. The van der Waals surface area contributed by atoms with Gasteiger partial charge in [-0.1, -0.05) is 0 Å². The molecule has 0 saturated carbocycles. The van der Waals surface area contributed by atoms with Crippen LogP contribution in [0.2, 0.25) is 0 Å². The van der Waals surface area contributed by atoms with Gasteiger partial charge < -0.3 is 9.47 Å². The highest BCUT2D eigenvalue weighted by molar-refractivity contribution is 6.01. The van der Waals surface area contributed by atoms with Gasteiger partial charge in [0.25, 0.3) is 0 Å². The fraction of sp³-hybridized carbons (Fsp3) is 0.273. The van der Waals surface area contributed by atoms with Crippen LogP contribution in [0, 0.1) is 18.3 Å². The van der Waals surface area contributed by atoms with Gasteiger partial charge in [-0.05, 0) is 44.5 Å². The Bertz CT molecular complexity index is 1070. The van der Waals surface area contributed by atoms with Crippen LogP contribution in [0.15, 0.2) is 36.7 Å². The summed E-state index contributed by atoms with van der Waals surface area (Å²) in [6.45, 7) is 6.55. The molecule has 2 heterocycles. The Morgan fingerprint density at radius 2 is 1.86 bits per heavy atom. The number of ether oxygens (including phenoxy) is 2. The molecule has 3 rings (SSSR count). The number of aromatic nitrogens is 2. The second-order valence-electron chi connectivity index (χ2n) is 6.18. The fourth-order valence-corrected chi connectivity index (χ4v) is 3.11. The van der Waals surface area contributed by atoms with Gasteiger partial charge >= 0.3 is 0 Å². The maximum absolute atomic E-state index is 12.9. The number of Topliss-reactive ketones (excluding diaryl/α,β-unsaturated/α-hetero) is 1. The minimum absolute atomic E-state index is 0.0774. The van der Waals surface area contributed by atoms with E-state index < -0.39 is 0 Å². The Morgan fingerprint density at radius 1 is 1.14 bits per heavy atom. The van der Waals surface area contributed by atoms with E-state index in [0.29, 0.717) is 58.0 Å². The van der Waals surface area contributed by atoms with Gasteiger partial charge in [0.2, 0.25) is 0 Å². The molecule has 0 radical (unpaired) electrons. The molecule has 28 heavy (non-hydrogen) atoms. The van der Waals surface area contributed by atoms with E-state index in [1.165, 1.54) is 6.20 Å². The summed E-state index contributed by atoms with van der Waals surface area (Å²) in [5.41, 5.74) is 2.86. The topological polar surface area (TPSA) is 85.1 Å². The minimum atomic E-state index is -0.0959. The summed E-state index contributed by atoms with van der Waals surface area (Å²) in [4.78, 5) is 21.5. The molecule has 0 aliphatic rings. The Balaban J connectivity index is 2.14. The van der Waals surface area contributed by atoms with Gasteiger partial charge in [-0.25, -0.2) is 0 Å². The molecule has 0 fully saturated rings. The van der Waals surface area contributed by atoms with E-state index in [0.717, 1.165) is 0 Å². The van der Waals surface area contributed by atoms with Gasteiger partial charge in [-0.2, -0.15) is 5.26 Å². The third kappa shape index (κ3) is 3.79. The highest BCUT2D eigenvalue weighted by atomic mass is 16.5. The largest absolute Gasteiger partial charge is 0.490 e. The van der Waals surface area contributed by atoms with E-state index >= 15 is 0 Å². The molecule has 0 bridgehead atoms. The number of fused-ring (bicyclic) bond motifs is 1. The van der Waals surface area contributed by atoms with Gasteiger partial charge in [0.1, 0.15) is 6.07 Å². The summed E-state index contributed by atoms with van der Waals surface area (Å²) in [5, 5.41) is 10.3. The van der Waals surface area contributed by atoms with E-state index in [1.54, 1.807) is 37.4 Å². The van der Waals surface area contributed by atoms with Gasteiger partial charge in [-0.3, -0.25) is 14.8 Å². The van der Waals surface area contributed by atoms with Crippen molar-refractivity contribution >= 4 is 16.7 Å². The summed E-state index contributed by atoms with van der Waals surface area (Å²) >= 11 is 0. The van der Waals surface area contributed by atoms with Crippen molar-refractivity contribution in [3.63, 3.8) is 0 Å². The Hall–Kier alpha value is -3.46. The summed E-state index contributed by atoms with van der Waals surface area (Å²) in [6.07, 6.45) is 3.23. The molecule has 0 spiro atoms. The third-order valence-corrected chi connectivity index (χ3v) is 4.41. The van der Waals surface area contributed by atoms with Crippen LogP contribution in [-0.4, -0.2) is 29.0 Å². The van der Waals surface area contributed by atoms with Crippen molar-refractivity contribution < 1.29 is 14.3 Å². The first-order valence-corrected chi connectivity index (χ1v) is 9.15. The van der Waals surface area contributed by atoms with Crippen LogP contribution >= 0.6 is 0 Å². The minimum Gasteiger partial charge on any atom is -0.490 e. The van der Waals surface area contributed by atoms with E-state index in [-0.39, 0.29) is 12.2 Å². The zero-order chi connectivity index (χ0) is 20.1. The lowest BCUT2D eigenvalue weighted by Crippen LogP contribution is -2.09. The van der Waals surface area contributed by atoms with Crippen LogP contribution in [0.25, 0.3) is 10.9 Å². The Morgan fingerprint density at radius 3 is 2.50 bits per heavy atom. The normalized spacial score (nSPS) is 10.5. The summed E-state index contributed by atoms with van der Waals surface area (Å²) in [5.74, 6) is 1.07. The molecule has 6 heteroatoms. The van der Waals surface area contributed by atoms with Crippen LogP contribution in [0.3, 0.4) is 0 Å². The molecule has 0 saturated heterocycles. The maximum Gasteiger partial charge on any atom is 0.169 e. The number of rotatable bonds is 7. The lowest BCUT2D eigenvalue weighted by atomic mass is 9.96. The number of benzene rings is 1. The number of aryl methyl sites for hydroxylation is 1. The highest BCUT2D eigenvalue weighted by Gasteiger charge is 2.18. The third-order valence-electron chi connectivity index (χ3n) is 4.41. The molecule has 0 atom stereocenters. The van der Waals surface area contributed by atoms with E-state index in [1.807, 2.05) is 13.8 Å². The van der Waals surface area contributed by atoms with Crippen molar-refractivity contribution in [3.8, 4) is 17.6 Å². The van der Waals surface area contributed by atoms with Crippen molar-refractivity contribution in [2.45, 2.75) is 27.2 Å². The standard InChI is InChI=1S/C22H21N3O3/c1-4-27-21-10-18-17(9-20(26)16-7-6-8-24-14(16)3)15(12-23)13-25-19(18)11-22(21)28-5-2/h6-8,10-11,13H,4-5,9H2,1-3H3. The zero-order valence-corrected chi connectivity index (χ0v) is 16.2. The fourth-order valence-electron chi connectivity index (χ4n) is 3.11. The van der Waals surface area contributed by atoms with Crippen LogP contribution in [0.1, 0.15) is 41.0 Å². The number of nitriles is 1. The number of nitrogens with zero attached hydrogens (tertiary/aromatic N) is 3. The number of pyridine rings is 2. The molecule has 0 aliphatic heterocycles. The molecule has 0 N–H and O–H groups in total. The monoisotopic (exact) mass is 375 g/mol. The van der Waals surface area contributed by atoms with Crippen LogP contribution in [0.5, 0.6) is 11.5 Å². The van der Waals surface area contributed by atoms with Gasteiger partial charge in [0.05, 0.1) is 24.3 Å². The van der Waals surface area contributed by atoms with E-state index in [9.17, 15) is 10.1 Å². The average Bonchev–Trinajstić information content (AvgIpc) is 2.69. The molecule has 0 unspecified atom stereocenters. The van der Waals surface area contributed by atoms with Crippen LogP contribution < -0.4 is 9.47 Å². The van der Waals surface area contributed by atoms with Crippen LogP contribution in [-0.2, 0) is 6.42 Å². The molecular weight excluding hydrogens is 354 g/mol. The highest BCUT2D eigenvalue weighted by Crippen LogP contribution is 2.34. The number of carbonyl (C=O) groups excluding carboxylic acids is 1. The Labute approximate surface area is 163 Å². The zero-order valence-electron chi connectivity index (χ0n) is 16.2. The van der Waals surface area contributed by atoms with Crippen LogP contribution in [0.4, 0.5) is 0 Å². The molecule has 0 amide bonds. The van der Waals surface area contributed by atoms with Crippen molar-refractivity contribution in [2.75, 3.05) is 13.2 Å². The molecule has 2 aromatic heterocycles. The summed E-state index contributed by atoms with van der Waals surface area (Å²) in [6, 6.07) is 9.22. The molecule has 3 aromatic rings. The van der Waals surface area contributed by atoms with Crippen molar-refractivity contribution in [3.05, 3.63) is 59.0 Å². The number of ketones is 1. The maximum atomic E-state index is 12.9. The van der Waals surface area contributed by atoms with Gasteiger partial charge in [0, 0.05) is 41.5 Å². The first-order valence-electron chi connectivity index (χ1n) is 9.15. The average molecular weight is 375 g/mol. The van der Waals surface area contributed by atoms with E-state index in [4.69, 9.17) is 9.47 Å². The second kappa shape index (κ2) is 8.49. The quantitative estimate of drug-likeness (QED) is 0.580. The Kier molecular flexibility index (Phi) is 5.85. The number of hydrogen-bond donors (Lipinski definition) is 0. The van der Waals surface area contributed by atoms with Gasteiger partial charge in [-0.15, -0.1) is 0 Å². The van der Waals surface area contributed by atoms with E-state index in [2.05, 4.69) is 16.0 Å². The predicted molar refractivity (Wildman–Crippen MR) is 106 cm³/mol. The van der Waals surface area contributed by atoms with Crippen molar-refractivity contribution in [2.24, 2.45) is 0 Å².